The van der Waals surface area contributed by atoms with Gasteiger partial charge in [-0.05, 0) is 18.8 Å². The fourth-order valence-electron chi connectivity index (χ4n) is 2.19. The van der Waals surface area contributed by atoms with E-state index in [2.05, 4.69) is 13.8 Å². The second-order valence-electron chi connectivity index (χ2n) is 4.04. The normalized spacial score (nSPS) is 26.3. The first-order valence-corrected chi connectivity index (χ1v) is 5.55. The van der Waals surface area contributed by atoms with Crippen molar-refractivity contribution in [2.45, 2.75) is 45.6 Å². The molecule has 2 heteroatoms. The molecule has 1 N–H and O–H groups in total. The Kier molecular flexibility index (Phi) is 4.74. The molecule has 1 rings (SSSR count). The van der Waals surface area contributed by atoms with Crippen molar-refractivity contribution in [2.24, 2.45) is 11.8 Å². The van der Waals surface area contributed by atoms with Gasteiger partial charge in [0.2, 0.25) is 0 Å². The Labute approximate surface area is 81.3 Å². The Hall–Kier alpha value is -0.0800. The fourth-order valence-corrected chi connectivity index (χ4v) is 2.19. The van der Waals surface area contributed by atoms with Crippen molar-refractivity contribution < 1.29 is 9.84 Å². The summed E-state index contributed by atoms with van der Waals surface area (Å²) in [6, 6.07) is 0. The molecular formula is C11H22O2. The van der Waals surface area contributed by atoms with Crippen LogP contribution in [0.1, 0.15) is 39.5 Å². The van der Waals surface area contributed by atoms with Crippen LogP contribution in [0.4, 0.5) is 0 Å². The van der Waals surface area contributed by atoms with Crippen LogP contribution in [0.5, 0.6) is 0 Å². The van der Waals surface area contributed by atoms with Crippen LogP contribution in [0.25, 0.3) is 0 Å². The molecule has 0 spiro atoms. The van der Waals surface area contributed by atoms with Gasteiger partial charge in [-0.25, -0.2) is 0 Å². The van der Waals surface area contributed by atoms with Crippen molar-refractivity contribution in [3.05, 3.63) is 0 Å². The monoisotopic (exact) mass is 186 g/mol. The van der Waals surface area contributed by atoms with Gasteiger partial charge >= 0.3 is 0 Å². The van der Waals surface area contributed by atoms with Crippen molar-refractivity contribution in [3.63, 3.8) is 0 Å². The van der Waals surface area contributed by atoms with Crippen LogP contribution in [0.3, 0.4) is 0 Å². The molecule has 0 amide bonds. The van der Waals surface area contributed by atoms with Crippen molar-refractivity contribution >= 4 is 0 Å². The number of aliphatic hydroxyl groups is 1. The van der Waals surface area contributed by atoms with Crippen LogP contribution >= 0.6 is 0 Å². The van der Waals surface area contributed by atoms with E-state index in [1.54, 1.807) is 0 Å². The van der Waals surface area contributed by atoms with E-state index in [1.165, 1.54) is 0 Å². The topological polar surface area (TPSA) is 29.5 Å². The van der Waals surface area contributed by atoms with Gasteiger partial charge in [0.15, 0.2) is 0 Å². The zero-order valence-electron chi connectivity index (χ0n) is 8.83. The Morgan fingerprint density at radius 1 is 1.38 bits per heavy atom. The molecule has 0 aromatic heterocycles. The number of aliphatic hydroxyl groups excluding tert-OH is 1. The lowest BCUT2D eigenvalue weighted by molar-refractivity contribution is -0.0344. The number of rotatable bonds is 4. The molecule has 78 valence electrons. The summed E-state index contributed by atoms with van der Waals surface area (Å²) in [4.78, 5) is 0. The quantitative estimate of drug-likeness (QED) is 0.729. The molecule has 0 bridgehead atoms. The van der Waals surface area contributed by atoms with Crippen LogP contribution in [0, 0.1) is 11.8 Å². The third-order valence-corrected chi connectivity index (χ3v) is 3.21. The first kappa shape index (κ1) is 11.0. The second kappa shape index (κ2) is 5.61. The molecule has 0 saturated carbocycles. The predicted octanol–water partition coefficient (Wildman–Crippen LogP) is 2.21. The average Bonchev–Trinajstić information content (AvgIpc) is 2.21. The minimum atomic E-state index is -0.143. The first-order chi connectivity index (χ1) is 6.29. The third-order valence-electron chi connectivity index (χ3n) is 3.21. The molecule has 1 aliphatic rings. The molecule has 0 aromatic carbocycles. The van der Waals surface area contributed by atoms with Gasteiger partial charge in [-0.2, -0.15) is 0 Å². The van der Waals surface area contributed by atoms with Crippen LogP contribution in [-0.4, -0.2) is 24.4 Å². The van der Waals surface area contributed by atoms with Gasteiger partial charge in [-0.3, -0.25) is 0 Å². The van der Waals surface area contributed by atoms with E-state index in [0.29, 0.717) is 11.8 Å². The summed E-state index contributed by atoms with van der Waals surface area (Å²) in [5.74, 6) is 0.852. The minimum absolute atomic E-state index is 0.143. The van der Waals surface area contributed by atoms with Crippen LogP contribution in [0.15, 0.2) is 0 Å². The van der Waals surface area contributed by atoms with E-state index in [9.17, 15) is 5.11 Å². The largest absolute Gasteiger partial charge is 0.392 e. The van der Waals surface area contributed by atoms with E-state index in [-0.39, 0.29) is 6.10 Å². The SMILES string of the molecule is CCC(CC)C(O)C1CCCOC1. The summed E-state index contributed by atoms with van der Waals surface area (Å²) < 4.78 is 5.38. The Balaban J connectivity index is 2.38. The summed E-state index contributed by atoms with van der Waals surface area (Å²) in [7, 11) is 0. The number of hydrogen-bond donors (Lipinski definition) is 1. The predicted molar refractivity (Wildman–Crippen MR) is 53.6 cm³/mol. The second-order valence-corrected chi connectivity index (χ2v) is 4.04. The molecule has 2 atom stereocenters. The Morgan fingerprint density at radius 2 is 2.08 bits per heavy atom. The molecule has 0 aromatic rings. The van der Waals surface area contributed by atoms with E-state index in [1.807, 2.05) is 0 Å². The molecule has 1 saturated heterocycles. The van der Waals surface area contributed by atoms with Gasteiger partial charge in [-0.1, -0.05) is 26.7 Å². The summed E-state index contributed by atoms with van der Waals surface area (Å²) in [5.41, 5.74) is 0. The lowest BCUT2D eigenvalue weighted by Crippen LogP contribution is -2.34. The van der Waals surface area contributed by atoms with Gasteiger partial charge in [0.05, 0.1) is 12.7 Å². The van der Waals surface area contributed by atoms with Crippen LogP contribution < -0.4 is 0 Å². The van der Waals surface area contributed by atoms with Gasteiger partial charge in [0.25, 0.3) is 0 Å². The molecule has 13 heavy (non-hydrogen) atoms. The molecule has 0 radical (unpaired) electrons. The lowest BCUT2D eigenvalue weighted by atomic mass is 9.84. The van der Waals surface area contributed by atoms with Gasteiger partial charge in [0, 0.05) is 12.5 Å². The average molecular weight is 186 g/mol. The molecule has 1 heterocycles. The molecular weight excluding hydrogens is 164 g/mol. The van der Waals surface area contributed by atoms with Crippen molar-refractivity contribution in [3.8, 4) is 0 Å². The van der Waals surface area contributed by atoms with Crippen molar-refractivity contribution in [1.29, 1.82) is 0 Å². The van der Waals surface area contributed by atoms with Crippen LogP contribution in [-0.2, 0) is 4.74 Å². The standard InChI is InChI=1S/C11H22O2/c1-3-9(4-2)11(12)10-6-5-7-13-8-10/h9-12H,3-8H2,1-2H3. The maximum absolute atomic E-state index is 10.1. The zero-order valence-corrected chi connectivity index (χ0v) is 8.83. The molecule has 2 unspecified atom stereocenters. The maximum Gasteiger partial charge on any atom is 0.0618 e. The smallest absolute Gasteiger partial charge is 0.0618 e. The summed E-state index contributed by atoms with van der Waals surface area (Å²) in [5, 5.41) is 10.1. The van der Waals surface area contributed by atoms with Crippen molar-refractivity contribution in [1.82, 2.24) is 0 Å². The Morgan fingerprint density at radius 3 is 2.54 bits per heavy atom. The van der Waals surface area contributed by atoms with E-state index < -0.39 is 0 Å². The zero-order chi connectivity index (χ0) is 9.68. The minimum Gasteiger partial charge on any atom is -0.392 e. The van der Waals surface area contributed by atoms with E-state index in [4.69, 9.17) is 4.74 Å². The number of hydrogen-bond acceptors (Lipinski definition) is 2. The Bertz CT molecular complexity index is 126. The van der Waals surface area contributed by atoms with Crippen molar-refractivity contribution in [2.75, 3.05) is 13.2 Å². The highest BCUT2D eigenvalue weighted by atomic mass is 16.5. The fraction of sp³-hybridized carbons (Fsp3) is 1.00. The van der Waals surface area contributed by atoms with E-state index in [0.717, 1.165) is 38.9 Å². The van der Waals surface area contributed by atoms with Gasteiger partial charge in [-0.15, -0.1) is 0 Å². The van der Waals surface area contributed by atoms with Crippen LogP contribution in [0.2, 0.25) is 0 Å². The third kappa shape index (κ3) is 2.96. The number of ether oxygens (including phenoxy) is 1. The first-order valence-electron chi connectivity index (χ1n) is 5.55. The van der Waals surface area contributed by atoms with E-state index >= 15 is 0 Å². The molecule has 2 nitrogen and oxygen atoms in total. The van der Waals surface area contributed by atoms with Gasteiger partial charge < -0.3 is 9.84 Å². The van der Waals surface area contributed by atoms with Gasteiger partial charge in [0.1, 0.15) is 0 Å². The molecule has 1 fully saturated rings. The molecule has 1 aliphatic heterocycles. The summed E-state index contributed by atoms with van der Waals surface area (Å²) >= 11 is 0. The summed E-state index contributed by atoms with van der Waals surface area (Å²) in [6.45, 7) is 5.95. The lowest BCUT2D eigenvalue weighted by Gasteiger charge is -2.31. The summed E-state index contributed by atoms with van der Waals surface area (Å²) in [6.07, 6.45) is 4.26. The highest BCUT2D eigenvalue weighted by Crippen LogP contribution is 2.25. The molecule has 0 aliphatic carbocycles. The maximum atomic E-state index is 10.1. The highest BCUT2D eigenvalue weighted by molar-refractivity contribution is 4.76. The highest BCUT2D eigenvalue weighted by Gasteiger charge is 2.27.